The molecule has 124 heavy (non-hydrogen) atoms. The zero-order valence-electron chi connectivity index (χ0n) is 72.4. The number of hydrogen-bond donors (Lipinski definition) is 6. The van der Waals surface area contributed by atoms with Gasteiger partial charge in [-0.1, -0.05) is 87.4 Å². The standard InChI is InChI=1S/2C29H33F3N4.2C19H24BN3O2S/c2*1-17-5-6-26-25(13-17)24(7-9-33-26)28(27-14-21-8-10-36(27)16-19(21)3)35-20(4)34-23-12-18(2)11-22(15-23)29(30,31)32;2*1-12-3-4-17-16(9-12)15(5-7-21-17)19(22-26(20,24)25)18-10-14-6-8-23(18)11-13(14)2/h2*5-7,9,11-13,15,19,21,27-28,34-35H,4,8,10,14,16H2,1-3H3;2*3-5,7,9,13-14,18-19,22H,6,8,10-11H2,1-2H3/t2*19?,21?,27?,28-;2*13?,14?,18?,19-/m1010/s1. The molecule has 16 heterocycles. The van der Waals surface area contributed by atoms with Crippen LogP contribution in [0.5, 0.6) is 0 Å². The number of hydrogen-bond acceptors (Lipinski definition) is 16. The predicted octanol–water partition coefficient (Wildman–Crippen LogP) is 18.3. The summed E-state index contributed by atoms with van der Waals surface area (Å²) in [7, 11) is 3.16. The molecule has 8 bridgehead atoms. The van der Waals surface area contributed by atoms with Crippen molar-refractivity contribution < 1.29 is 43.2 Å². The van der Waals surface area contributed by atoms with Crippen molar-refractivity contribution in [1.82, 2.24) is 59.6 Å². The molecule has 0 saturated carbocycles. The molecule has 10 aromatic rings. The van der Waals surface area contributed by atoms with Crippen LogP contribution in [0.15, 0.2) is 183 Å². The second-order valence-corrected chi connectivity index (χ2v) is 39.5. The van der Waals surface area contributed by atoms with Crippen molar-refractivity contribution in [2.24, 2.45) is 47.3 Å². The molecule has 18 nitrogen and oxygen atoms in total. The van der Waals surface area contributed by atoms with Crippen LogP contribution >= 0.6 is 0 Å². The molecule has 12 fully saturated rings. The van der Waals surface area contributed by atoms with E-state index in [1.165, 1.54) is 25.7 Å². The number of fused-ring (bicyclic) bond motifs is 16. The van der Waals surface area contributed by atoms with Crippen molar-refractivity contribution >= 4 is 89.0 Å². The number of aryl methyl sites for hydroxylation is 6. The monoisotopic (exact) mass is 1730 g/mol. The molecule has 0 amide bonds. The van der Waals surface area contributed by atoms with Crippen molar-refractivity contribution in [1.29, 1.82) is 0 Å². The lowest BCUT2D eigenvalue weighted by atomic mass is 9.73. The molecule has 6 N–H and O–H groups in total. The lowest BCUT2D eigenvalue weighted by molar-refractivity contribution is -0.138. The van der Waals surface area contributed by atoms with Crippen molar-refractivity contribution in [2.75, 3.05) is 63.0 Å². The third-order valence-corrected chi connectivity index (χ3v) is 28.9. The zero-order chi connectivity index (χ0) is 88.2. The van der Waals surface area contributed by atoms with E-state index in [1.807, 2.05) is 74.8 Å². The fourth-order valence-corrected chi connectivity index (χ4v) is 22.9. The fourth-order valence-electron chi connectivity index (χ4n) is 21.6. The lowest BCUT2D eigenvalue weighted by Crippen LogP contribution is -2.57. The molecule has 22 rings (SSSR count). The molecule has 0 aliphatic carbocycles. The molecule has 16 unspecified atom stereocenters. The Morgan fingerprint density at radius 2 is 0.637 bits per heavy atom. The van der Waals surface area contributed by atoms with Gasteiger partial charge < -0.3 is 21.3 Å². The summed E-state index contributed by atoms with van der Waals surface area (Å²) in [5.41, 5.74) is 12.8. The molecule has 28 heteroatoms. The van der Waals surface area contributed by atoms with Crippen LogP contribution in [0, 0.1) is 88.9 Å². The number of nitrogens with one attached hydrogen (secondary N) is 6. The largest absolute Gasteiger partial charge is 0.416 e. The van der Waals surface area contributed by atoms with E-state index in [4.69, 9.17) is 14.2 Å². The Hall–Kier alpha value is -8.99. The van der Waals surface area contributed by atoms with E-state index in [0.717, 1.165) is 190 Å². The number of halogens is 6. The van der Waals surface area contributed by atoms with E-state index in [1.54, 1.807) is 38.4 Å². The van der Waals surface area contributed by atoms with Crippen molar-refractivity contribution in [3.05, 3.63) is 250 Å². The molecular weight excluding hydrogens is 1610 g/mol. The summed E-state index contributed by atoms with van der Waals surface area (Å²) < 4.78 is 134. The minimum absolute atomic E-state index is 0.0838. The Bertz CT molecular complexity index is 5500. The van der Waals surface area contributed by atoms with Crippen LogP contribution in [0.1, 0.15) is 170 Å². The highest BCUT2D eigenvalue weighted by Gasteiger charge is 2.48. The maximum atomic E-state index is 13.4. The first-order valence-electron chi connectivity index (χ1n) is 43.6. The van der Waals surface area contributed by atoms with Crippen LogP contribution in [0.25, 0.3) is 43.6 Å². The quantitative estimate of drug-likeness (QED) is 0.0310. The predicted molar refractivity (Wildman–Crippen MR) is 486 cm³/mol. The second-order valence-electron chi connectivity index (χ2n) is 36.9. The molecule has 6 aromatic carbocycles. The highest BCUT2D eigenvalue weighted by atomic mass is 32.2. The smallest absolute Gasteiger partial charge is 0.364 e. The van der Waals surface area contributed by atoms with Crippen LogP contribution in [0.4, 0.5) is 37.7 Å². The van der Waals surface area contributed by atoms with Gasteiger partial charge >= 0.3 is 12.4 Å². The summed E-state index contributed by atoms with van der Waals surface area (Å²) in [6.45, 7) is 37.4. The van der Waals surface area contributed by atoms with Crippen molar-refractivity contribution in [3.8, 4) is 0 Å². The van der Waals surface area contributed by atoms with Gasteiger partial charge in [0.25, 0.3) is 14.2 Å². The summed E-state index contributed by atoms with van der Waals surface area (Å²) in [5, 5.41) is 17.5. The average Bonchev–Trinajstić information content (AvgIpc) is 0.771. The van der Waals surface area contributed by atoms with E-state index in [0.29, 0.717) is 81.5 Å². The lowest BCUT2D eigenvalue weighted by Gasteiger charge is -2.52. The topological polar surface area (TPSA) is 205 Å². The van der Waals surface area contributed by atoms with Crippen LogP contribution < -0.4 is 30.7 Å². The maximum Gasteiger partial charge on any atom is 0.416 e. The number of aromatic nitrogens is 4. The maximum absolute atomic E-state index is 13.4. The normalized spacial score (nSPS) is 26.7. The number of piperidine rings is 12. The van der Waals surface area contributed by atoms with Crippen LogP contribution in [0.2, 0.25) is 0 Å². The Kier molecular flexibility index (Phi) is 26.6. The zero-order valence-corrected chi connectivity index (χ0v) is 74.1. The third-order valence-electron chi connectivity index (χ3n) is 27.8. The molecule has 12 aliphatic rings. The van der Waals surface area contributed by atoms with Crippen molar-refractivity contribution in [2.45, 2.75) is 181 Å². The molecule has 652 valence electrons. The number of benzene rings is 6. The molecule has 12 saturated heterocycles. The number of nitrogens with zero attached hydrogens (tertiary/aromatic N) is 8. The van der Waals surface area contributed by atoms with Crippen LogP contribution in [0.3, 0.4) is 0 Å². The van der Waals surface area contributed by atoms with Crippen molar-refractivity contribution in [3.63, 3.8) is 0 Å². The summed E-state index contributed by atoms with van der Waals surface area (Å²) in [5.74, 6) is 6.24. The van der Waals surface area contributed by atoms with Gasteiger partial charge in [0.1, 0.15) is 19.7 Å². The molecule has 4 aromatic heterocycles. The van der Waals surface area contributed by atoms with Gasteiger partial charge in [0.15, 0.2) is 0 Å². The summed E-state index contributed by atoms with van der Waals surface area (Å²) in [4.78, 5) is 28.0. The number of pyridine rings is 4. The fraction of sp³-hybridized carbons (Fsp3) is 0.458. The molecule has 4 radical (unpaired) electrons. The van der Waals surface area contributed by atoms with Crippen LogP contribution in [-0.4, -0.2) is 147 Å². The van der Waals surface area contributed by atoms with E-state index in [9.17, 15) is 43.2 Å². The molecular formula is C96H114B2F6N14O4S2. The average molecular weight is 1730 g/mol. The highest BCUT2D eigenvalue weighted by molar-refractivity contribution is 8.11. The second kappa shape index (κ2) is 36.8. The van der Waals surface area contributed by atoms with Gasteiger partial charge in [-0.2, -0.15) is 26.3 Å². The van der Waals surface area contributed by atoms with Gasteiger partial charge in [-0.25, -0.2) is 26.3 Å². The minimum atomic E-state index is -4.40. The molecule has 20 atom stereocenters. The first-order valence-corrected chi connectivity index (χ1v) is 46.7. The van der Waals surface area contributed by atoms with Gasteiger partial charge in [-0.15, -0.1) is 0 Å². The van der Waals surface area contributed by atoms with Gasteiger partial charge in [-0.05, 0) is 309 Å². The Labute approximate surface area is 728 Å². The first-order chi connectivity index (χ1) is 58.8. The number of rotatable bonds is 20. The number of alkyl halides is 6. The van der Waals surface area contributed by atoms with Gasteiger partial charge in [0.2, 0.25) is 0 Å². The van der Waals surface area contributed by atoms with E-state index < -0.39 is 43.2 Å². The Morgan fingerprint density at radius 3 is 0.871 bits per heavy atom. The minimum Gasteiger partial charge on any atom is -0.364 e. The first kappa shape index (κ1) is 89.8. The van der Waals surface area contributed by atoms with Crippen LogP contribution in [-0.2, 0) is 32.1 Å². The summed E-state index contributed by atoms with van der Waals surface area (Å²) in [6, 6.07) is 40.5. The van der Waals surface area contributed by atoms with Gasteiger partial charge in [0, 0.05) is 108 Å². The summed E-state index contributed by atoms with van der Waals surface area (Å²) >= 11 is 0. The Morgan fingerprint density at radius 1 is 0.379 bits per heavy atom. The van der Waals surface area contributed by atoms with E-state index in [-0.39, 0.29) is 48.3 Å². The van der Waals surface area contributed by atoms with E-state index >= 15 is 0 Å². The molecule has 12 aliphatic heterocycles. The number of anilines is 2. The molecule has 0 spiro atoms. The van der Waals surface area contributed by atoms with E-state index in [2.05, 4.69) is 173 Å². The van der Waals surface area contributed by atoms with Gasteiger partial charge in [-0.3, -0.25) is 39.5 Å². The summed E-state index contributed by atoms with van der Waals surface area (Å²) in [6.07, 6.45) is 7.31. The third kappa shape index (κ3) is 20.8. The Balaban J connectivity index is 0.000000129. The highest BCUT2D eigenvalue weighted by Crippen LogP contribution is 2.48. The van der Waals surface area contributed by atoms with Gasteiger partial charge in [0.05, 0.1) is 69.0 Å². The SMILES string of the molecule is C=C(Nc1cc(C)cc(C(F)(F)F)c1)N[C@@H](c1ccnc2ccc(C)cc12)C1CC2CCN1CC2C.C=C(Nc1cc(C)cc(C(F)(F)F)c1)N[C@H](c1ccnc2ccc(C)cc12)C1CC2CCN1CC2C.[B]S(=O)(=O)N[C@@H](c1ccnc2ccc(C)cc12)C1CC2CCN1CC2C.[B]S(=O)(=O)N[C@H](c1ccnc2ccc(C)cc12)C1CC2CCN1CC2C.